The minimum absolute atomic E-state index is 0.509. The first-order chi connectivity index (χ1) is 10.0. The maximum atomic E-state index is 6.10. The summed E-state index contributed by atoms with van der Waals surface area (Å²) in [6.07, 6.45) is 4.79. The highest BCUT2D eigenvalue weighted by atomic mass is 35.5. The number of nitrogens with zero attached hydrogens (tertiary/aromatic N) is 4. The maximum absolute atomic E-state index is 6.10. The molecule has 1 aromatic carbocycles. The van der Waals surface area contributed by atoms with Gasteiger partial charge in [-0.2, -0.15) is 5.10 Å². The summed E-state index contributed by atoms with van der Waals surface area (Å²) >= 11 is 5.91. The predicted octanol–water partition coefficient (Wildman–Crippen LogP) is 1.34. The fourth-order valence-corrected chi connectivity index (χ4v) is 2.26. The Bertz CT molecular complexity index is 715. The SMILES string of the molecule is Cn1cc(C2=NC(c3ccc(Cl)cc3)=CN(N)C2N)cn1. The van der Waals surface area contributed by atoms with Crippen LogP contribution in [-0.2, 0) is 7.05 Å². The van der Waals surface area contributed by atoms with Crippen LogP contribution in [0.3, 0.4) is 0 Å². The van der Waals surface area contributed by atoms with Gasteiger partial charge in [0.25, 0.3) is 0 Å². The third-order valence-electron chi connectivity index (χ3n) is 3.25. The normalized spacial score (nSPS) is 18.5. The summed E-state index contributed by atoms with van der Waals surface area (Å²) in [4.78, 5) is 4.63. The number of nitrogens with two attached hydrogens (primary N) is 2. The highest BCUT2D eigenvalue weighted by molar-refractivity contribution is 6.30. The third kappa shape index (κ3) is 2.69. The monoisotopic (exact) mass is 302 g/mol. The minimum Gasteiger partial charge on any atom is -0.305 e. The van der Waals surface area contributed by atoms with Crippen molar-refractivity contribution in [2.75, 3.05) is 0 Å². The molecule has 1 aliphatic rings. The molecule has 6 nitrogen and oxygen atoms in total. The molecule has 1 aromatic heterocycles. The van der Waals surface area contributed by atoms with Crippen LogP contribution in [0.2, 0.25) is 5.02 Å². The summed E-state index contributed by atoms with van der Waals surface area (Å²) in [5, 5.41) is 6.26. The van der Waals surface area contributed by atoms with E-state index in [-0.39, 0.29) is 0 Å². The second-order valence-electron chi connectivity index (χ2n) is 4.81. The fourth-order valence-electron chi connectivity index (χ4n) is 2.14. The number of hydrogen-bond donors (Lipinski definition) is 2. The molecule has 0 aliphatic carbocycles. The van der Waals surface area contributed by atoms with E-state index in [0.29, 0.717) is 10.7 Å². The van der Waals surface area contributed by atoms with Gasteiger partial charge in [0.2, 0.25) is 0 Å². The van der Waals surface area contributed by atoms with Crippen molar-refractivity contribution in [1.82, 2.24) is 14.8 Å². The molecule has 7 heteroatoms. The van der Waals surface area contributed by atoms with Crippen LogP contribution in [0.15, 0.2) is 47.9 Å². The van der Waals surface area contributed by atoms with Gasteiger partial charge in [-0.15, -0.1) is 0 Å². The molecule has 3 rings (SSSR count). The molecule has 0 fully saturated rings. The Balaban J connectivity index is 2.03. The Morgan fingerprint density at radius 1 is 1.19 bits per heavy atom. The number of aromatic nitrogens is 2. The van der Waals surface area contributed by atoms with Crippen molar-refractivity contribution in [2.24, 2.45) is 23.6 Å². The lowest BCUT2D eigenvalue weighted by Crippen LogP contribution is -2.50. The lowest BCUT2D eigenvalue weighted by molar-refractivity contribution is 0.352. The second-order valence-corrected chi connectivity index (χ2v) is 5.25. The number of benzene rings is 1. The first-order valence-corrected chi connectivity index (χ1v) is 6.76. The van der Waals surface area contributed by atoms with Gasteiger partial charge in [0.05, 0.1) is 17.6 Å². The van der Waals surface area contributed by atoms with Crippen LogP contribution in [0.25, 0.3) is 5.70 Å². The lowest BCUT2D eigenvalue weighted by Gasteiger charge is -2.28. The van der Waals surface area contributed by atoms with Crippen LogP contribution in [0.1, 0.15) is 11.1 Å². The van der Waals surface area contributed by atoms with Gasteiger partial charge in [0.15, 0.2) is 0 Å². The van der Waals surface area contributed by atoms with Crippen molar-refractivity contribution < 1.29 is 0 Å². The van der Waals surface area contributed by atoms with Gasteiger partial charge in [-0.3, -0.25) is 9.69 Å². The number of aliphatic imine (C=N–C) groups is 1. The van der Waals surface area contributed by atoms with E-state index in [9.17, 15) is 0 Å². The van der Waals surface area contributed by atoms with Gasteiger partial charge < -0.3 is 5.73 Å². The Morgan fingerprint density at radius 2 is 1.90 bits per heavy atom. The van der Waals surface area contributed by atoms with Crippen LogP contribution in [-0.4, -0.2) is 26.7 Å². The van der Waals surface area contributed by atoms with Crippen LogP contribution in [0.4, 0.5) is 0 Å². The molecule has 21 heavy (non-hydrogen) atoms. The van der Waals surface area contributed by atoms with Crippen molar-refractivity contribution in [3.63, 3.8) is 0 Å². The summed E-state index contributed by atoms with van der Waals surface area (Å²) < 4.78 is 1.70. The van der Waals surface area contributed by atoms with E-state index in [1.54, 1.807) is 17.1 Å². The summed E-state index contributed by atoms with van der Waals surface area (Å²) in [5.74, 6) is 5.97. The molecule has 108 valence electrons. The van der Waals surface area contributed by atoms with E-state index in [4.69, 9.17) is 23.2 Å². The van der Waals surface area contributed by atoms with Gasteiger partial charge in [-0.05, 0) is 12.1 Å². The zero-order valence-corrected chi connectivity index (χ0v) is 12.2. The second kappa shape index (κ2) is 5.33. The number of rotatable bonds is 2. The molecule has 0 bridgehead atoms. The van der Waals surface area contributed by atoms with E-state index in [1.165, 1.54) is 5.01 Å². The Kier molecular flexibility index (Phi) is 3.50. The van der Waals surface area contributed by atoms with E-state index in [2.05, 4.69) is 10.1 Å². The Hall–Kier alpha value is -2.15. The zero-order valence-electron chi connectivity index (χ0n) is 11.4. The smallest absolute Gasteiger partial charge is 0.135 e. The van der Waals surface area contributed by atoms with Crippen LogP contribution < -0.4 is 11.6 Å². The van der Waals surface area contributed by atoms with Gasteiger partial charge in [0.1, 0.15) is 6.17 Å². The Morgan fingerprint density at radius 3 is 2.52 bits per heavy atom. The largest absolute Gasteiger partial charge is 0.305 e. The minimum atomic E-state index is -0.509. The first kappa shape index (κ1) is 13.8. The number of aryl methyl sites for hydroxylation is 1. The molecular weight excluding hydrogens is 288 g/mol. The van der Waals surface area contributed by atoms with Gasteiger partial charge >= 0.3 is 0 Å². The third-order valence-corrected chi connectivity index (χ3v) is 3.51. The van der Waals surface area contributed by atoms with E-state index in [0.717, 1.165) is 16.8 Å². The molecule has 0 amide bonds. The summed E-state index contributed by atoms with van der Waals surface area (Å²) in [6, 6.07) is 7.41. The highest BCUT2D eigenvalue weighted by Gasteiger charge is 2.23. The van der Waals surface area contributed by atoms with E-state index >= 15 is 0 Å². The molecule has 1 aliphatic heterocycles. The summed E-state index contributed by atoms with van der Waals surface area (Å²) in [6.45, 7) is 0. The number of hydrazine groups is 1. The molecule has 1 unspecified atom stereocenters. The highest BCUT2D eigenvalue weighted by Crippen LogP contribution is 2.24. The number of hydrogen-bond acceptors (Lipinski definition) is 5. The van der Waals surface area contributed by atoms with Gasteiger partial charge in [0, 0.05) is 35.6 Å². The predicted molar refractivity (Wildman–Crippen MR) is 83.2 cm³/mol. The topological polar surface area (TPSA) is 85.5 Å². The summed E-state index contributed by atoms with van der Waals surface area (Å²) in [5.41, 5.74) is 9.27. The van der Waals surface area contributed by atoms with Crippen molar-refractivity contribution in [3.8, 4) is 0 Å². The average molecular weight is 303 g/mol. The molecule has 4 N–H and O–H groups in total. The molecule has 0 saturated heterocycles. The van der Waals surface area contributed by atoms with Crippen molar-refractivity contribution in [3.05, 3.63) is 59.0 Å². The standard InChI is InChI=1S/C14H15ClN6/c1-20-7-10(6-18-20)13-14(16)21(17)8-12(19-13)9-2-4-11(15)5-3-9/h2-8,14H,16-17H2,1H3. The van der Waals surface area contributed by atoms with Crippen molar-refractivity contribution in [2.45, 2.75) is 6.17 Å². The molecule has 0 radical (unpaired) electrons. The Labute approximate surface area is 127 Å². The average Bonchev–Trinajstić information content (AvgIpc) is 2.89. The molecular formula is C14H15ClN6. The maximum Gasteiger partial charge on any atom is 0.135 e. The van der Waals surface area contributed by atoms with Crippen molar-refractivity contribution >= 4 is 23.0 Å². The molecule has 2 aromatic rings. The fraction of sp³-hybridized carbons (Fsp3) is 0.143. The molecule has 0 spiro atoms. The first-order valence-electron chi connectivity index (χ1n) is 6.38. The molecule has 1 atom stereocenters. The quantitative estimate of drug-likeness (QED) is 0.820. The molecule has 2 heterocycles. The number of halogens is 1. The van der Waals surface area contributed by atoms with E-state index < -0.39 is 6.17 Å². The van der Waals surface area contributed by atoms with Crippen LogP contribution in [0.5, 0.6) is 0 Å². The van der Waals surface area contributed by atoms with E-state index in [1.807, 2.05) is 37.5 Å². The van der Waals surface area contributed by atoms with Gasteiger partial charge in [-0.25, -0.2) is 10.8 Å². The lowest BCUT2D eigenvalue weighted by atomic mass is 10.1. The van der Waals surface area contributed by atoms with Gasteiger partial charge in [-0.1, -0.05) is 23.7 Å². The summed E-state index contributed by atoms with van der Waals surface area (Å²) in [7, 11) is 1.84. The zero-order chi connectivity index (χ0) is 15.0. The van der Waals surface area contributed by atoms with Crippen LogP contribution in [0, 0.1) is 0 Å². The molecule has 0 saturated carbocycles. The van der Waals surface area contributed by atoms with Crippen LogP contribution >= 0.6 is 11.6 Å². The van der Waals surface area contributed by atoms with Crippen molar-refractivity contribution in [1.29, 1.82) is 0 Å².